The number of ether oxygens (including phenoxy) is 3. The van der Waals surface area contributed by atoms with Gasteiger partial charge in [0.2, 0.25) is 5.91 Å². The number of hydrogen-bond acceptors (Lipinski definition) is 4. The van der Waals surface area contributed by atoms with E-state index in [1.54, 1.807) is 26.4 Å². The maximum absolute atomic E-state index is 13.2. The molecule has 0 radical (unpaired) electrons. The first-order valence-corrected chi connectivity index (χ1v) is 9.85. The molecule has 0 aromatic heterocycles. The van der Waals surface area contributed by atoms with Crippen LogP contribution >= 0.6 is 0 Å². The number of hydrogen-bond donors (Lipinski definition) is 0. The summed E-state index contributed by atoms with van der Waals surface area (Å²) in [4.78, 5) is 14.8. The van der Waals surface area contributed by atoms with Crippen molar-refractivity contribution in [2.75, 3.05) is 27.4 Å². The Morgan fingerprint density at radius 1 is 1.14 bits per heavy atom. The van der Waals surface area contributed by atoms with E-state index in [-0.39, 0.29) is 30.3 Å². The summed E-state index contributed by atoms with van der Waals surface area (Å²) in [6, 6.07) is 9.56. The standard InChI is InChI=1S/C23H28FNO4/c1-15(2)11-23(26)25-10-9-16-12-21(27-3)22(28-4)13-19(16)20(25)14-29-18-7-5-17(24)6-8-18/h5-8,12-13,15,20H,9-11,14H2,1-4H3. The highest BCUT2D eigenvalue weighted by Gasteiger charge is 2.32. The van der Waals surface area contributed by atoms with Crippen LogP contribution in [0.5, 0.6) is 17.2 Å². The monoisotopic (exact) mass is 401 g/mol. The summed E-state index contributed by atoms with van der Waals surface area (Å²) in [5, 5.41) is 0. The van der Waals surface area contributed by atoms with Crippen LogP contribution in [0.1, 0.15) is 37.4 Å². The molecule has 1 unspecified atom stereocenters. The number of amides is 1. The molecule has 2 aromatic carbocycles. The van der Waals surface area contributed by atoms with Crippen molar-refractivity contribution in [2.45, 2.75) is 32.7 Å². The molecule has 29 heavy (non-hydrogen) atoms. The van der Waals surface area contributed by atoms with Gasteiger partial charge in [-0.2, -0.15) is 0 Å². The Kier molecular flexibility index (Phi) is 6.62. The van der Waals surface area contributed by atoms with Crippen LogP contribution < -0.4 is 14.2 Å². The quantitative estimate of drug-likeness (QED) is 0.690. The number of nitrogens with zero attached hydrogens (tertiary/aromatic N) is 1. The molecule has 0 saturated carbocycles. The van der Waals surface area contributed by atoms with Crippen LogP contribution in [0, 0.1) is 11.7 Å². The summed E-state index contributed by atoms with van der Waals surface area (Å²) in [6.07, 6.45) is 1.22. The average molecular weight is 401 g/mol. The van der Waals surface area contributed by atoms with Crippen molar-refractivity contribution in [2.24, 2.45) is 5.92 Å². The molecule has 1 aliphatic rings. The highest BCUT2D eigenvalue weighted by atomic mass is 19.1. The molecule has 1 aliphatic heterocycles. The van der Waals surface area contributed by atoms with Crippen molar-refractivity contribution in [3.8, 4) is 17.2 Å². The van der Waals surface area contributed by atoms with E-state index in [0.29, 0.717) is 30.2 Å². The van der Waals surface area contributed by atoms with Crippen molar-refractivity contribution in [1.82, 2.24) is 4.90 Å². The summed E-state index contributed by atoms with van der Waals surface area (Å²) < 4.78 is 30.0. The molecule has 0 spiro atoms. The van der Waals surface area contributed by atoms with Gasteiger partial charge < -0.3 is 19.1 Å². The topological polar surface area (TPSA) is 48.0 Å². The van der Waals surface area contributed by atoms with Gasteiger partial charge in [0.05, 0.1) is 20.3 Å². The van der Waals surface area contributed by atoms with Gasteiger partial charge in [0.15, 0.2) is 11.5 Å². The van der Waals surface area contributed by atoms with E-state index < -0.39 is 0 Å². The number of carbonyl (C=O) groups is 1. The van der Waals surface area contributed by atoms with Crippen molar-refractivity contribution in [1.29, 1.82) is 0 Å². The van der Waals surface area contributed by atoms with Crippen LogP contribution in [0.25, 0.3) is 0 Å². The van der Waals surface area contributed by atoms with Crippen LogP contribution in [-0.2, 0) is 11.2 Å². The largest absolute Gasteiger partial charge is 0.493 e. The first-order chi connectivity index (χ1) is 13.9. The fourth-order valence-corrected chi connectivity index (χ4v) is 3.68. The van der Waals surface area contributed by atoms with E-state index in [1.165, 1.54) is 12.1 Å². The highest BCUT2D eigenvalue weighted by Crippen LogP contribution is 2.38. The predicted molar refractivity (Wildman–Crippen MR) is 109 cm³/mol. The van der Waals surface area contributed by atoms with Crippen molar-refractivity contribution in [3.63, 3.8) is 0 Å². The van der Waals surface area contributed by atoms with Crippen molar-refractivity contribution in [3.05, 3.63) is 53.3 Å². The van der Waals surface area contributed by atoms with Gasteiger partial charge in [0.25, 0.3) is 0 Å². The molecule has 0 saturated heterocycles. The summed E-state index contributed by atoms with van der Waals surface area (Å²) in [7, 11) is 3.21. The number of rotatable bonds is 7. The third-order valence-electron chi connectivity index (χ3n) is 5.13. The maximum Gasteiger partial charge on any atom is 0.223 e. The van der Waals surface area contributed by atoms with Gasteiger partial charge in [0.1, 0.15) is 18.2 Å². The van der Waals surface area contributed by atoms with E-state index >= 15 is 0 Å². The maximum atomic E-state index is 13.2. The minimum Gasteiger partial charge on any atom is -0.493 e. The Hall–Kier alpha value is -2.76. The van der Waals surface area contributed by atoms with Crippen molar-refractivity contribution < 1.29 is 23.4 Å². The minimum atomic E-state index is -0.314. The first-order valence-electron chi connectivity index (χ1n) is 9.85. The summed E-state index contributed by atoms with van der Waals surface area (Å²) in [6.45, 7) is 4.96. The predicted octanol–water partition coefficient (Wildman–Crippen LogP) is 4.39. The van der Waals surface area contributed by atoms with Crippen molar-refractivity contribution >= 4 is 5.91 Å². The summed E-state index contributed by atoms with van der Waals surface area (Å²) in [5.74, 6) is 1.92. The molecular formula is C23H28FNO4. The van der Waals surface area contributed by atoms with Gasteiger partial charge in [-0.05, 0) is 59.9 Å². The second-order valence-corrected chi connectivity index (χ2v) is 7.62. The Bertz CT molecular complexity index is 851. The third kappa shape index (κ3) is 4.81. The number of benzene rings is 2. The van der Waals surface area contributed by atoms with Crippen LogP contribution in [0.4, 0.5) is 4.39 Å². The number of halogens is 1. The molecule has 156 valence electrons. The molecule has 1 heterocycles. The smallest absolute Gasteiger partial charge is 0.223 e. The minimum absolute atomic E-state index is 0.105. The SMILES string of the molecule is COc1cc2c(cc1OC)C(COc1ccc(F)cc1)N(C(=O)CC(C)C)CC2. The molecule has 1 amide bonds. The lowest BCUT2D eigenvalue weighted by Gasteiger charge is -2.38. The fraction of sp³-hybridized carbons (Fsp3) is 0.435. The lowest BCUT2D eigenvalue weighted by Crippen LogP contribution is -2.43. The van der Waals surface area contributed by atoms with E-state index in [1.807, 2.05) is 30.9 Å². The Labute approximate surface area is 171 Å². The lowest BCUT2D eigenvalue weighted by atomic mass is 9.91. The van der Waals surface area contributed by atoms with Crippen LogP contribution in [0.3, 0.4) is 0 Å². The molecule has 0 bridgehead atoms. The zero-order valence-corrected chi connectivity index (χ0v) is 17.4. The first kappa shape index (κ1) is 21.0. The van der Waals surface area contributed by atoms with Crippen LogP contribution in [0.15, 0.2) is 36.4 Å². The van der Waals surface area contributed by atoms with Gasteiger partial charge in [-0.1, -0.05) is 13.8 Å². The summed E-state index contributed by atoms with van der Waals surface area (Å²) >= 11 is 0. The molecule has 5 nitrogen and oxygen atoms in total. The molecule has 0 N–H and O–H groups in total. The molecule has 2 aromatic rings. The van der Waals surface area contributed by atoms with Gasteiger partial charge in [-0.15, -0.1) is 0 Å². The van der Waals surface area contributed by atoms with Gasteiger partial charge in [-0.25, -0.2) is 4.39 Å². The second kappa shape index (κ2) is 9.16. The molecule has 3 rings (SSSR count). The molecule has 0 fully saturated rings. The second-order valence-electron chi connectivity index (χ2n) is 7.62. The van der Waals surface area contributed by atoms with E-state index in [2.05, 4.69) is 0 Å². The van der Waals surface area contributed by atoms with Gasteiger partial charge in [0, 0.05) is 13.0 Å². The zero-order valence-electron chi connectivity index (χ0n) is 17.4. The molecule has 0 aliphatic carbocycles. The average Bonchev–Trinajstić information content (AvgIpc) is 2.71. The Morgan fingerprint density at radius 3 is 2.41 bits per heavy atom. The number of carbonyl (C=O) groups excluding carboxylic acids is 1. The van der Waals surface area contributed by atoms with Gasteiger partial charge >= 0.3 is 0 Å². The number of methoxy groups -OCH3 is 2. The Balaban J connectivity index is 1.93. The molecular weight excluding hydrogens is 373 g/mol. The summed E-state index contributed by atoms with van der Waals surface area (Å²) in [5.41, 5.74) is 2.11. The van der Waals surface area contributed by atoms with E-state index in [4.69, 9.17) is 14.2 Å². The Morgan fingerprint density at radius 2 is 1.79 bits per heavy atom. The third-order valence-corrected chi connectivity index (χ3v) is 5.13. The normalized spacial score (nSPS) is 15.8. The van der Waals surface area contributed by atoms with Gasteiger partial charge in [-0.3, -0.25) is 4.79 Å². The highest BCUT2D eigenvalue weighted by molar-refractivity contribution is 5.77. The molecule has 1 atom stereocenters. The lowest BCUT2D eigenvalue weighted by molar-refractivity contribution is -0.135. The zero-order chi connectivity index (χ0) is 21.0. The fourth-order valence-electron chi connectivity index (χ4n) is 3.68. The van der Waals surface area contributed by atoms with E-state index in [0.717, 1.165) is 17.5 Å². The van der Waals surface area contributed by atoms with E-state index in [9.17, 15) is 9.18 Å². The molecule has 6 heteroatoms. The number of fused-ring (bicyclic) bond motifs is 1. The van der Waals surface area contributed by atoms with Crippen LogP contribution in [-0.4, -0.2) is 38.2 Å². The van der Waals surface area contributed by atoms with Crippen LogP contribution in [0.2, 0.25) is 0 Å².